The number of aromatic nitrogens is 4. The molecule has 2 rings (SSSR count). The number of hydrogen-bond acceptors (Lipinski definition) is 4. The van der Waals surface area contributed by atoms with Crippen LogP contribution in [-0.2, 0) is 13.0 Å². The lowest BCUT2D eigenvalue weighted by atomic mass is 10.2. The maximum atomic E-state index is 12.2. The number of halogens is 3. The molecular weight excluding hydrogens is 283 g/mol. The van der Waals surface area contributed by atoms with E-state index in [-0.39, 0.29) is 12.5 Å². The maximum absolute atomic E-state index is 12.2. The van der Waals surface area contributed by atoms with Crippen LogP contribution in [0.4, 0.5) is 19.1 Å². The molecule has 0 amide bonds. The van der Waals surface area contributed by atoms with E-state index < -0.39 is 12.6 Å². The van der Waals surface area contributed by atoms with Gasteiger partial charge in [-0.1, -0.05) is 0 Å². The average molecular weight is 299 g/mol. The van der Waals surface area contributed by atoms with Gasteiger partial charge in [0.2, 0.25) is 5.95 Å². The topological polar surface area (TPSA) is 55.6 Å². The van der Waals surface area contributed by atoms with Crippen molar-refractivity contribution in [2.24, 2.45) is 0 Å². The summed E-state index contributed by atoms with van der Waals surface area (Å²) in [7, 11) is 0. The van der Waals surface area contributed by atoms with Gasteiger partial charge in [0.1, 0.15) is 0 Å². The van der Waals surface area contributed by atoms with E-state index in [1.54, 1.807) is 10.9 Å². The van der Waals surface area contributed by atoms with Crippen molar-refractivity contribution in [2.45, 2.75) is 38.5 Å². The molecule has 2 aromatic heterocycles. The van der Waals surface area contributed by atoms with E-state index in [0.29, 0.717) is 18.2 Å². The van der Waals surface area contributed by atoms with Gasteiger partial charge in [-0.25, -0.2) is 9.97 Å². The summed E-state index contributed by atoms with van der Waals surface area (Å²) in [5, 5.41) is 7.14. The Morgan fingerprint density at radius 3 is 2.81 bits per heavy atom. The number of aryl methyl sites for hydroxylation is 1. The number of nitrogens with zero attached hydrogens (tertiary/aromatic N) is 4. The number of rotatable bonds is 6. The molecule has 0 aromatic carbocycles. The molecule has 1 atom stereocenters. The van der Waals surface area contributed by atoms with Crippen molar-refractivity contribution in [3.8, 4) is 0 Å². The molecule has 0 saturated heterocycles. The normalized spacial score (nSPS) is 13.1. The van der Waals surface area contributed by atoms with Gasteiger partial charge in [0, 0.05) is 36.7 Å². The van der Waals surface area contributed by atoms with Crippen LogP contribution in [-0.4, -0.2) is 32.0 Å². The highest BCUT2D eigenvalue weighted by molar-refractivity contribution is 5.26. The fourth-order valence-electron chi connectivity index (χ4n) is 1.83. The smallest absolute Gasteiger partial charge is 0.350 e. The Morgan fingerprint density at radius 2 is 2.14 bits per heavy atom. The van der Waals surface area contributed by atoms with E-state index in [1.807, 2.05) is 19.2 Å². The second-order valence-electron chi connectivity index (χ2n) is 4.76. The van der Waals surface area contributed by atoms with E-state index in [1.165, 1.54) is 12.3 Å². The van der Waals surface area contributed by atoms with Gasteiger partial charge < -0.3 is 5.32 Å². The summed E-state index contributed by atoms with van der Waals surface area (Å²) in [6.45, 7) is 2.54. The minimum Gasteiger partial charge on any atom is -0.350 e. The Morgan fingerprint density at radius 1 is 1.33 bits per heavy atom. The quantitative estimate of drug-likeness (QED) is 0.891. The SMILES string of the molecule is C[C@H](Cn1cccn1)Nc1nccc(CCC(F)(F)F)n1. The summed E-state index contributed by atoms with van der Waals surface area (Å²) < 4.78 is 38.3. The summed E-state index contributed by atoms with van der Waals surface area (Å²) in [4.78, 5) is 8.11. The predicted octanol–water partition coefficient (Wildman–Crippen LogP) is 2.67. The molecule has 0 fully saturated rings. The summed E-state index contributed by atoms with van der Waals surface area (Å²) in [5.74, 6) is 0.328. The molecule has 0 unspecified atom stereocenters. The van der Waals surface area contributed by atoms with Crippen molar-refractivity contribution in [2.75, 3.05) is 5.32 Å². The van der Waals surface area contributed by atoms with Crippen LogP contribution >= 0.6 is 0 Å². The molecule has 0 aliphatic heterocycles. The first kappa shape index (κ1) is 15.3. The lowest BCUT2D eigenvalue weighted by Crippen LogP contribution is -2.23. The number of hydrogen-bond donors (Lipinski definition) is 1. The zero-order valence-electron chi connectivity index (χ0n) is 11.5. The molecule has 0 aliphatic rings. The first-order valence-corrected chi connectivity index (χ1v) is 6.55. The van der Waals surface area contributed by atoms with Crippen molar-refractivity contribution >= 4 is 5.95 Å². The highest BCUT2D eigenvalue weighted by Gasteiger charge is 2.26. The van der Waals surface area contributed by atoms with Crippen LogP contribution in [0, 0.1) is 0 Å². The monoisotopic (exact) mass is 299 g/mol. The lowest BCUT2D eigenvalue weighted by Gasteiger charge is -2.14. The zero-order valence-corrected chi connectivity index (χ0v) is 11.5. The molecule has 2 heterocycles. The third-order valence-corrected chi connectivity index (χ3v) is 2.77. The van der Waals surface area contributed by atoms with Gasteiger partial charge in [0.15, 0.2) is 0 Å². The minimum absolute atomic E-state index is 0.00256. The lowest BCUT2D eigenvalue weighted by molar-refractivity contribution is -0.134. The molecule has 0 aliphatic carbocycles. The van der Waals surface area contributed by atoms with Gasteiger partial charge in [0.25, 0.3) is 0 Å². The van der Waals surface area contributed by atoms with Gasteiger partial charge in [-0.3, -0.25) is 4.68 Å². The third kappa shape index (κ3) is 5.41. The van der Waals surface area contributed by atoms with Gasteiger partial charge in [-0.15, -0.1) is 0 Å². The van der Waals surface area contributed by atoms with Crippen LogP contribution < -0.4 is 5.32 Å². The first-order valence-electron chi connectivity index (χ1n) is 6.55. The molecule has 0 radical (unpaired) electrons. The van der Waals surface area contributed by atoms with Crippen molar-refractivity contribution in [1.29, 1.82) is 0 Å². The Labute approximate surface area is 120 Å². The summed E-state index contributed by atoms with van der Waals surface area (Å²) in [6, 6.07) is 3.32. The van der Waals surface area contributed by atoms with Crippen molar-refractivity contribution in [1.82, 2.24) is 19.7 Å². The van der Waals surface area contributed by atoms with Crippen LogP contribution in [0.1, 0.15) is 19.0 Å². The standard InChI is InChI=1S/C13H16F3N5/c1-10(9-21-8-2-6-18-21)19-12-17-7-4-11(20-12)3-5-13(14,15)16/h2,4,6-8,10H,3,5,9H2,1H3,(H,17,19,20)/t10-/m1/s1. The highest BCUT2D eigenvalue weighted by Crippen LogP contribution is 2.21. The van der Waals surface area contributed by atoms with Crippen LogP contribution in [0.3, 0.4) is 0 Å². The summed E-state index contributed by atoms with van der Waals surface area (Å²) in [5.41, 5.74) is 0.371. The highest BCUT2D eigenvalue weighted by atomic mass is 19.4. The van der Waals surface area contributed by atoms with Gasteiger partial charge >= 0.3 is 6.18 Å². The third-order valence-electron chi connectivity index (χ3n) is 2.77. The van der Waals surface area contributed by atoms with Crippen molar-refractivity contribution < 1.29 is 13.2 Å². The summed E-state index contributed by atoms with van der Waals surface area (Å²) in [6.07, 6.45) is -0.228. The van der Waals surface area contributed by atoms with E-state index in [9.17, 15) is 13.2 Å². The number of nitrogens with one attached hydrogen (secondary N) is 1. The molecule has 8 heteroatoms. The molecule has 114 valence electrons. The minimum atomic E-state index is -4.17. The van der Waals surface area contributed by atoms with Crippen LogP contribution in [0.25, 0.3) is 0 Å². The molecule has 0 spiro atoms. The van der Waals surface area contributed by atoms with E-state index in [2.05, 4.69) is 20.4 Å². The molecule has 5 nitrogen and oxygen atoms in total. The van der Waals surface area contributed by atoms with E-state index in [4.69, 9.17) is 0 Å². The fraction of sp³-hybridized carbons (Fsp3) is 0.462. The largest absolute Gasteiger partial charge is 0.389 e. The maximum Gasteiger partial charge on any atom is 0.389 e. The van der Waals surface area contributed by atoms with Crippen LogP contribution in [0.2, 0.25) is 0 Å². The molecule has 21 heavy (non-hydrogen) atoms. The Balaban J connectivity index is 1.91. The predicted molar refractivity (Wildman–Crippen MR) is 71.7 cm³/mol. The van der Waals surface area contributed by atoms with E-state index in [0.717, 1.165) is 0 Å². The van der Waals surface area contributed by atoms with Gasteiger partial charge in [-0.05, 0) is 25.5 Å². The Bertz CT molecular complexity index is 553. The van der Waals surface area contributed by atoms with Crippen LogP contribution in [0.15, 0.2) is 30.7 Å². The molecule has 0 saturated carbocycles. The van der Waals surface area contributed by atoms with Crippen molar-refractivity contribution in [3.63, 3.8) is 0 Å². The molecule has 1 N–H and O–H groups in total. The van der Waals surface area contributed by atoms with Gasteiger partial charge in [-0.2, -0.15) is 18.3 Å². The Kier molecular flexibility index (Phi) is 4.77. The first-order chi connectivity index (χ1) is 9.92. The Hall–Kier alpha value is -2.12. The molecule has 0 bridgehead atoms. The van der Waals surface area contributed by atoms with Gasteiger partial charge in [0.05, 0.1) is 6.54 Å². The fourth-order valence-corrected chi connectivity index (χ4v) is 1.83. The molecule has 2 aromatic rings. The number of alkyl halides is 3. The molecular formula is C13H16F3N5. The number of anilines is 1. The van der Waals surface area contributed by atoms with Crippen molar-refractivity contribution in [3.05, 3.63) is 36.4 Å². The average Bonchev–Trinajstić information content (AvgIpc) is 2.88. The second-order valence-corrected chi connectivity index (χ2v) is 4.76. The second kappa shape index (κ2) is 6.55. The van der Waals surface area contributed by atoms with Crippen LogP contribution in [0.5, 0.6) is 0 Å². The summed E-state index contributed by atoms with van der Waals surface area (Å²) >= 11 is 0. The van der Waals surface area contributed by atoms with E-state index >= 15 is 0 Å². The zero-order chi connectivity index (χ0) is 15.3.